The molecule has 19 heavy (non-hydrogen) atoms. The molecule has 0 fully saturated rings. The minimum Gasteiger partial charge on any atom is -0.445 e. The zero-order valence-electron chi connectivity index (χ0n) is 11.6. The molecule has 0 aliphatic carbocycles. The molecule has 0 amide bonds. The van der Waals surface area contributed by atoms with Crippen LogP contribution < -0.4 is 0 Å². The molecule has 3 nitrogen and oxygen atoms in total. The van der Waals surface area contributed by atoms with Crippen molar-refractivity contribution in [2.75, 3.05) is 0 Å². The summed E-state index contributed by atoms with van der Waals surface area (Å²) in [6, 6.07) is 9.99. The van der Waals surface area contributed by atoms with Crippen LogP contribution in [0, 0.1) is 13.8 Å². The molecule has 1 aromatic heterocycles. The molecule has 4 heteroatoms. The van der Waals surface area contributed by atoms with Crippen molar-refractivity contribution in [3.63, 3.8) is 0 Å². The quantitative estimate of drug-likeness (QED) is 0.837. The number of benzene rings is 1. The van der Waals surface area contributed by atoms with Crippen molar-refractivity contribution in [1.82, 2.24) is 4.98 Å². The average molecular weight is 277 g/mol. The first-order valence-corrected chi connectivity index (χ1v) is 7.85. The molecule has 1 heterocycles. The Morgan fingerprint density at radius 3 is 2.47 bits per heavy atom. The zero-order chi connectivity index (χ0) is 13.8. The molecule has 0 N–H and O–H groups in total. The van der Waals surface area contributed by atoms with Gasteiger partial charge in [-0.05, 0) is 25.8 Å². The van der Waals surface area contributed by atoms with Gasteiger partial charge in [0, 0.05) is 10.8 Å². The fraction of sp³-hybridized carbons (Fsp3) is 0.400. The van der Waals surface area contributed by atoms with Crippen LogP contribution in [0.3, 0.4) is 0 Å². The third-order valence-electron chi connectivity index (χ3n) is 3.20. The Hall–Kier alpha value is -1.42. The highest BCUT2D eigenvalue weighted by Gasteiger charge is 2.19. The second-order valence-corrected chi connectivity index (χ2v) is 6.20. The van der Waals surface area contributed by atoms with Gasteiger partial charge < -0.3 is 4.42 Å². The minimum atomic E-state index is -1.01. The normalized spacial score (nSPS) is 14.3. The lowest BCUT2D eigenvalue weighted by atomic mass is 10.1. The zero-order valence-corrected chi connectivity index (χ0v) is 12.4. The van der Waals surface area contributed by atoms with Gasteiger partial charge in [-0.1, -0.05) is 37.3 Å². The lowest BCUT2D eigenvalue weighted by molar-refractivity contribution is 0.487. The summed E-state index contributed by atoms with van der Waals surface area (Å²) in [5.41, 5.74) is 1.99. The van der Waals surface area contributed by atoms with Gasteiger partial charge in [0.2, 0.25) is 5.89 Å². The molecule has 2 atom stereocenters. The van der Waals surface area contributed by atoms with Crippen LogP contribution in [-0.2, 0) is 16.6 Å². The monoisotopic (exact) mass is 277 g/mol. The van der Waals surface area contributed by atoms with E-state index >= 15 is 0 Å². The van der Waals surface area contributed by atoms with Crippen molar-refractivity contribution >= 4 is 10.8 Å². The van der Waals surface area contributed by atoms with Gasteiger partial charge in [-0.15, -0.1) is 0 Å². The number of hydrogen-bond donors (Lipinski definition) is 0. The Kier molecular flexibility index (Phi) is 4.53. The summed E-state index contributed by atoms with van der Waals surface area (Å²) in [5.74, 6) is 1.75. The van der Waals surface area contributed by atoms with Crippen molar-refractivity contribution in [2.24, 2.45) is 0 Å². The number of rotatable bonds is 5. The van der Waals surface area contributed by atoms with E-state index in [9.17, 15) is 4.21 Å². The maximum Gasteiger partial charge on any atom is 0.207 e. The van der Waals surface area contributed by atoms with Crippen LogP contribution in [0.1, 0.15) is 41.5 Å². The van der Waals surface area contributed by atoms with Gasteiger partial charge in [0.25, 0.3) is 0 Å². The van der Waals surface area contributed by atoms with Gasteiger partial charge in [-0.25, -0.2) is 4.98 Å². The van der Waals surface area contributed by atoms with Crippen LogP contribution in [0.5, 0.6) is 0 Å². The van der Waals surface area contributed by atoms with Gasteiger partial charge in [-0.2, -0.15) is 0 Å². The Balaban J connectivity index is 2.14. The first kappa shape index (κ1) is 14.0. The van der Waals surface area contributed by atoms with Gasteiger partial charge >= 0.3 is 0 Å². The van der Waals surface area contributed by atoms with Crippen LogP contribution in [0.15, 0.2) is 34.7 Å². The molecular formula is C15H19NO2S. The maximum atomic E-state index is 12.5. The molecule has 2 aromatic rings. The van der Waals surface area contributed by atoms with Gasteiger partial charge in [0.15, 0.2) is 0 Å². The highest BCUT2D eigenvalue weighted by atomic mass is 32.2. The predicted octanol–water partition coefficient (Wildman–Crippen LogP) is 3.69. The maximum absolute atomic E-state index is 12.5. The molecule has 0 spiro atoms. The minimum absolute atomic E-state index is 0.0358. The number of aryl methyl sites for hydroxylation is 2. The van der Waals surface area contributed by atoms with Crippen LogP contribution >= 0.6 is 0 Å². The summed E-state index contributed by atoms with van der Waals surface area (Å²) < 4.78 is 18.0. The van der Waals surface area contributed by atoms with Crippen molar-refractivity contribution in [3.05, 3.63) is 53.2 Å². The second-order valence-electron chi connectivity index (χ2n) is 4.58. The molecule has 0 unspecified atom stereocenters. The summed E-state index contributed by atoms with van der Waals surface area (Å²) in [4.78, 5) is 4.30. The molecule has 0 saturated carbocycles. The Labute approximate surface area is 116 Å². The van der Waals surface area contributed by atoms with Crippen LogP contribution in [0.25, 0.3) is 0 Å². The predicted molar refractivity (Wildman–Crippen MR) is 77.3 cm³/mol. The smallest absolute Gasteiger partial charge is 0.207 e. The van der Waals surface area contributed by atoms with E-state index in [1.807, 2.05) is 44.2 Å². The number of oxazole rings is 1. The summed E-state index contributed by atoms with van der Waals surface area (Å²) in [6.07, 6.45) is 0.843. The summed E-state index contributed by atoms with van der Waals surface area (Å²) in [7, 11) is -1.01. The van der Waals surface area contributed by atoms with Crippen molar-refractivity contribution < 1.29 is 8.63 Å². The fourth-order valence-corrected chi connectivity index (χ4v) is 3.46. The lowest BCUT2D eigenvalue weighted by Gasteiger charge is -2.13. The molecule has 102 valence electrons. The van der Waals surface area contributed by atoms with E-state index in [0.717, 1.165) is 23.4 Å². The highest BCUT2D eigenvalue weighted by Crippen LogP contribution is 2.25. The number of aromatic nitrogens is 1. The van der Waals surface area contributed by atoms with E-state index in [2.05, 4.69) is 11.9 Å². The van der Waals surface area contributed by atoms with Crippen molar-refractivity contribution in [3.8, 4) is 0 Å². The SMILES string of the molecule is CC[C@@H](c1ccccc1)[S@@](=O)Cc1nc(C)c(C)o1. The van der Waals surface area contributed by atoms with Gasteiger partial charge in [0.05, 0.1) is 10.9 Å². The fourth-order valence-electron chi connectivity index (χ4n) is 2.06. The van der Waals surface area contributed by atoms with Crippen LogP contribution in [0.4, 0.5) is 0 Å². The van der Waals surface area contributed by atoms with E-state index < -0.39 is 10.8 Å². The topological polar surface area (TPSA) is 43.1 Å². The number of hydrogen-bond acceptors (Lipinski definition) is 3. The third-order valence-corrected chi connectivity index (χ3v) is 4.97. The molecule has 0 aliphatic heterocycles. The second kappa shape index (κ2) is 6.15. The largest absolute Gasteiger partial charge is 0.445 e. The van der Waals surface area contributed by atoms with Gasteiger partial charge in [0.1, 0.15) is 11.5 Å². The summed E-state index contributed by atoms with van der Waals surface area (Å²) in [6.45, 7) is 5.84. The molecule has 0 radical (unpaired) electrons. The third kappa shape index (κ3) is 3.32. The Morgan fingerprint density at radius 1 is 1.26 bits per heavy atom. The molecule has 0 saturated heterocycles. The molecule has 0 bridgehead atoms. The van der Waals surface area contributed by atoms with E-state index in [-0.39, 0.29) is 5.25 Å². The summed E-state index contributed by atoms with van der Waals surface area (Å²) >= 11 is 0. The number of nitrogens with zero attached hydrogens (tertiary/aromatic N) is 1. The van der Waals surface area contributed by atoms with Crippen molar-refractivity contribution in [1.29, 1.82) is 0 Å². The lowest BCUT2D eigenvalue weighted by Crippen LogP contribution is -2.08. The van der Waals surface area contributed by atoms with E-state index in [0.29, 0.717) is 11.6 Å². The van der Waals surface area contributed by atoms with E-state index in [1.165, 1.54) is 0 Å². The van der Waals surface area contributed by atoms with E-state index in [4.69, 9.17) is 4.42 Å². The van der Waals surface area contributed by atoms with Crippen LogP contribution in [-0.4, -0.2) is 9.19 Å². The molecule has 0 aliphatic rings. The van der Waals surface area contributed by atoms with E-state index in [1.54, 1.807) is 0 Å². The molecule has 1 aromatic carbocycles. The first-order valence-electron chi connectivity index (χ1n) is 6.46. The van der Waals surface area contributed by atoms with Crippen LogP contribution in [0.2, 0.25) is 0 Å². The highest BCUT2D eigenvalue weighted by molar-refractivity contribution is 7.84. The molecular weight excluding hydrogens is 258 g/mol. The van der Waals surface area contributed by atoms with Crippen molar-refractivity contribution in [2.45, 2.75) is 38.2 Å². The Morgan fingerprint density at radius 2 is 1.95 bits per heavy atom. The average Bonchev–Trinajstić information content (AvgIpc) is 2.70. The molecule has 2 rings (SSSR count). The summed E-state index contributed by atoms with van der Waals surface area (Å²) in [5, 5.41) is 0.0358. The standard InChI is InChI=1S/C15H19NO2S/c1-4-14(13-8-6-5-7-9-13)19(17)10-15-16-11(2)12(3)18-15/h5-9,14H,4,10H2,1-3H3/t14-,19-/m0/s1. The Bertz CT molecular complexity index is 543. The first-order chi connectivity index (χ1) is 9.11. The van der Waals surface area contributed by atoms with Gasteiger partial charge in [-0.3, -0.25) is 4.21 Å².